The third kappa shape index (κ3) is 3.99. The molecule has 0 saturated carbocycles. The summed E-state index contributed by atoms with van der Waals surface area (Å²) >= 11 is 0. The van der Waals surface area contributed by atoms with Gasteiger partial charge >= 0.3 is 0 Å². The van der Waals surface area contributed by atoms with Crippen molar-refractivity contribution in [3.05, 3.63) is 35.9 Å². The molecule has 0 saturated heterocycles. The maximum Gasteiger partial charge on any atom is 0.0851 e. The molecular weight excluding hydrogens is 172 g/mol. The van der Waals surface area contributed by atoms with Gasteiger partial charge in [-0.1, -0.05) is 30.3 Å². The van der Waals surface area contributed by atoms with Crippen molar-refractivity contribution in [3.8, 4) is 0 Å². The molecule has 0 aliphatic carbocycles. The van der Waals surface area contributed by atoms with Crippen LogP contribution in [0.1, 0.15) is 5.56 Å². The van der Waals surface area contributed by atoms with E-state index in [4.69, 9.17) is 20.4 Å². The Morgan fingerprint density at radius 3 is 2.50 bits per heavy atom. The van der Waals surface area contributed by atoms with Crippen molar-refractivity contribution < 1.29 is 4.74 Å². The normalized spacial score (nSPS) is 11.5. The quantitative estimate of drug-likeness (QED) is 0.670. The van der Waals surface area contributed by atoms with Crippen molar-refractivity contribution >= 4 is 15.7 Å². The fraction of sp³-hybridized carbons (Fsp3) is 0.400. The maximum absolute atomic E-state index is 5.62. The lowest BCUT2D eigenvalue weighted by atomic mass is 9.63. The molecule has 0 bridgehead atoms. The molecule has 0 atom stereocenters. The third-order valence-corrected chi connectivity index (χ3v) is 1.92. The van der Waals surface area contributed by atoms with E-state index in [9.17, 15) is 0 Å². The summed E-state index contributed by atoms with van der Waals surface area (Å²) < 4.78 is 5.36. The third-order valence-electron chi connectivity index (χ3n) is 1.92. The zero-order valence-corrected chi connectivity index (χ0v) is 8.36. The molecule has 1 aromatic carbocycles. The first kappa shape index (κ1) is 11.3. The highest BCUT2D eigenvalue weighted by Crippen LogP contribution is 2.02. The molecule has 4 radical (unpaired) electrons. The Morgan fingerprint density at radius 1 is 1.29 bits per heavy atom. The molecule has 0 unspecified atom stereocenters. The van der Waals surface area contributed by atoms with E-state index < -0.39 is 5.34 Å². The minimum absolute atomic E-state index is 0.276. The van der Waals surface area contributed by atoms with Crippen LogP contribution >= 0.6 is 0 Å². The zero-order valence-electron chi connectivity index (χ0n) is 8.36. The number of nitrogens with one attached hydrogen (secondary N) is 1. The Labute approximate surface area is 87.9 Å². The molecule has 0 aliphatic rings. The van der Waals surface area contributed by atoms with Gasteiger partial charge in [0.1, 0.15) is 0 Å². The van der Waals surface area contributed by atoms with Crippen LogP contribution in [-0.4, -0.2) is 34.7 Å². The fourth-order valence-corrected chi connectivity index (χ4v) is 0.984. The minimum Gasteiger partial charge on any atom is -0.376 e. The summed E-state index contributed by atoms with van der Waals surface area (Å²) in [5.41, 5.74) is 1.11. The molecule has 0 amide bonds. The van der Waals surface area contributed by atoms with E-state index in [0.717, 1.165) is 5.56 Å². The molecule has 1 N–H and O–H groups in total. The molecule has 4 heteroatoms. The lowest BCUT2D eigenvalue weighted by Crippen LogP contribution is -2.48. The molecule has 70 valence electrons. The van der Waals surface area contributed by atoms with E-state index in [2.05, 4.69) is 5.32 Å². The highest BCUT2D eigenvalue weighted by Gasteiger charge is 2.13. The summed E-state index contributed by atoms with van der Waals surface area (Å²) in [5.74, 6) is 0. The average Bonchev–Trinajstić information content (AvgIpc) is 2.19. The first-order valence-corrected chi connectivity index (χ1v) is 4.52. The van der Waals surface area contributed by atoms with E-state index in [-0.39, 0.29) is 6.61 Å². The number of rotatable bonds is 5. The number of benzene rings is 1. The molecule has 0 aromatic heterocycles. The summed E-state index contributed by atoms with van der Waals surface area (Å²) in [4.78, 5) is 0. The largest absolute Gasteiger partial charge is 0.376 e. The smallest absolute Gasteiger partial charge is 0.0851 e. The monoisotopic (exact) mass is 185 g/mol. The molecule has 2 nitrogen and oxygen atoms in total. The molecular formula is C10H13B2NO. The van der Waals surface area contributed by atoms with Gasteiger partial charge in [-0.05, 0) is 17.9 Å². The van der Waals surface area contributed by atoms with Crippen molar-refractivity contribution in [2.24, 2.45) is 0 Å². The van der Waals surface area contributed by atoms with Gasteiger partial charge in [-0.25, -0.2) is 0 Å². The lowest BCUT2D eigenvalue weighted by Gasteiger charge is -2.24. The standard InChI is InChI=1S/C10H13B2NO/c1-13-10(11,12)8-14-7-9-5-3-2-4-6-9/h2-6,13H,7-8H2,1H3. The second-order valence-corrected chi connectivity index (χ2v) is 3.27. The minimum atomic E-state index is -0.950. The highest BCUT2D eigenvalue weighted by atomic mass is 16.5. The van der Waals surface area contributed by atoms with Gasteiger partial charge in [0.25, 0.3) is 0 Å². The molecule has 1 rings (SSSR count). The van der Waals surface area contributed by atoms with Gasteiger partial charge < -0.3 is 10.1 Å². The summed E-state index contributed by atoms with van der Waals surface area (Å²) in [6.07, 6.45) is 0. The molecule has 0 fully saturated rings. The van der Waals surface area contributed by atoms with E-state index in [0.29, 0.717) is 6.61 Å². The van der Waals surface area contributed by atoms with Crippen LogP contribution in [0.5, 0.6) is 0 Å². The Morgan fingerprint density at radius 2 is 1.93 bits per heavy atom. The first-order chi connectivity index (χ1) is 6.64. The Kier molecular flexibility index (Phi) is 4.23. The van der Waals surface area contributed by atoms with Crippen LogP contribution in [0.25, 0.3) is 0 Å². The van der Waals surface area contributed by atoms with Gasteiger partial charge in [-0.3, -0.25) is 0 Å². The second kappa shape index (κ2) is 5.23. The van der Waals surface area contributed by atoms with Crippen LogP contribution in [-0.2, 0) is 11.3 Å². The lowest BCUT2D eigenvalue weighted by molar-refractivity contribution is 0.108. The van der Waals surface area contributed by atoms with Crippen LogP contribution < -0.4 is 5.32 Å². The van der Waals surface area contributed by atoms with Crippen molar-refractivity contribution in [1.29, 1.82) is 0 Å². The molecule has 0 heterocycles. The predicted molar refractivity (Wildman–Crippen MR) is 59.4 cm³/mol. The first-order valence-electron chi connectivity index (χ1n) is 4.52. The topological polar surface area (TPSA) is 21.3 Å². The van der Waals surface area contributed by atoms with E-state index >= 15 is 0 Å². The van der Waals surface area contributed by atoms with E-state index in [1.54, 1.807) is 7.05 Å². The maximum atomic E-state index is 5.62. The Hall–Kier alpha value is -0.730. The Bertz CT molecular complexity index is 264. The van der Waals surface area contributed by atoms with Crippen molar-refractivity contribution in [3.63, 3.8) is 0 Å². The van der Waals surface area contributed by atoms with Gasteiger partial charge in [0, 0.05) is 6.61 Å². The van der Waals surface area contributed by atoms with Crippen LogP contribution in [0.2, 0.25) is 0 Å². The van der Waals surface area contributed by atoms with E-state index in [1.165, 1.54) is 0 Å². The number of likely N-dealkylation sites (N-methyl/N-ethyl adjacent to an activating group) is 1. The Balaban J connectivity index is 2.29. The van der Waals surface area contributed by atoms with Crippen molar-refractivity contribution in [2.45, 2.75) is 11.9 Å². The van der Waals surface area contributed by atoms with Gasteiger partial charge in [-0.15, -0.1) is 0 Å². The summed E-state index contributed by atoms with van der Waals surface area (Å²) in [6.45, 7) is 0.803. The summed E-state index contributed by atoms with van der Waals surface area (Å²) in [7, 11) is 12.9. The summed E-state index contributed by atoms with van der Waals surface area (Å²) in [6, 6.07) is 9.89. The number of ether oxygens (including phenoxy) is 1. The highest BCUT2D eigenvalue weighted by molar-refractivity contribution is 6.40. The number of hydrogen-bond acceptors (Lipinski definition) is 2. The predicted octanol–water partition coefficient (Wildman–Crippen LogP) is 0.413. The van der Waals surface area contributed by atoms with E-state index in [1.807, 2.05) is 30.3 Å². The van der Waals surface area contributed by atoms with Crippen LogP contribution in [0.3, 0.4) is 0 Å². The van der Waals surface area contributed by atoms with Gasteiger partial charge in [0.05, 0.1) is 22.3 Å². The van der Waals surface area contributed by atoms with Gasteiger partial charge in [0.15, 0.2) is 0 Å². The van der Waals surface area contributed by atoms with Crippen molar-refractivity contribution in [1.82, 2.24) is 5.32 Å². The number of hydrogen-bond donors (Lipinski definition) is 1. The van der Waals surface area contributed by atoms with Gasteiger partial charge in [0.2, 0.25) is 0 Å². The molecule has 0 spiro atoms. The van der Waals surface area contributed by atoms with Gasteiger partial charge in [-0.2, -0.15) is 0 Å². The van der Waals surface area contributed by atoms with Crippen LogP contribution in [0, 0.1) is 0 Å². The fourth-order valence-electron chi connectivity index (χ4n) is 0.984. The van der Waals surface area contributed by atoms with Crippen LogP contribution in [0.4, 0.5) is 0 Å². The van der Waals surface area contributed by atoms with Crippen molar-refractivity contribution in [2.75, 3.05) is 13.7 Å². The average molecular weight is 185 g/mol. The SMILES string of the molecule is [B]C([B])(COCc1ccccc1)NC. The summed E-state index contributed by atoms with van der Waals surface area (Å²) in [5, 5.41) is 1.81. The molecule has 0 aliphatic heterocycles. The van der Waals surface area contributed by atoms with Crippen LogP contribution in [0.15, 0.2) is 30.3 Å². The molecule has 14 heavy (non-hydrogen) atoms. The zero-order chi connectivity index (χ0) is 10.4. The second-order valence-electron chi connectivity index (χ2n) is 3.27. The molecule has 1 aromatic rings.